The van der Waals surface area contributed by atoms with Gasteiger partial charge in [0.2, 0.25) is 5.91 Å². The van der Waals surface area contributed by atoms with Gasteiger partial charge in [-0.1, -0.05) is 12.1 Å². The van der Waals surface area contributed by atoms with Crippen LogP contribution in [0.3, 0.4) is 0 Å². The number of carbonyl (C=O) groups excluding carboxylic acids is 1. The molecule has 1 aromatic heterocycles. The van der Waals surface area contributed by atoms with E-state index in [-0.39, 0.29) is 11.8 Å². The quantitative estimate of drug-likeness (QED) is 0.918. The topological polar surface area (TPSA) is 86.9 Å². The Balaban J connectivity index is 1.41. The number of benzene rings is 1. The van der Waals surface area contributed by atoms with Gasteiger partial charge in [-0.05, 0) is 37.8 Å². The van der Waals surface area contributed by atoms with Gasteiger partial charge in [0, 0.05) is 25.6 Å². The third kappa shape index (κ3) is 2.94. The number of para-hydroxylation sites is 2. The number of aliphatic carboxylic acids is 1. The van der Waals surface area contributed by atoms with E-state index in [0.717, 1.165) is 17.5 Å². The van der Waals surface area contributed by atoms with Crippen LogP contribution in [0.2, 0.25) is 0 Å². The fraction of sp³-hybridized carbons (Fsp3) is 0.500. The lowest BCUT2D eigenvalue weighted by molar-refractivity contribution is -0.150. The molecular weight excluding hydrogens is 322 g/mol. The molecule has 0 radical (unpaired) electrons. The van der Waals surface area contributed by atoms with Crippen molar-refractivity contribution in [1.29, 1.82) is 0 Å². The Morgan fingerprint density at radius 1 is 1.12 bits per heavy atom. The highest BCUT2D eigenvalue weighted by molar-refractivity contribution is 5.86. The number of piperidine rings is 1. The summed E-state index contributed by atoms with van der Waals surface area (Å²) in [6.07, 6.45) is 2.72. The van der Waals surface area contributed by atoms with E-state index in [4.69, 9.17) is 4.42 Å². The first-order valence-electron chi connectivity index (χ1n) is 8.77. The highest BCUT2D eigenvalue weighted by Crippen LogP contribution is 2.29. The lowest BCUT2D eigenvalue weighted by atomic mass is 9.95. The summed E-state index contributed by atoms with van der Waals surface area (Å²) in [6, 6.07) is 7.59. The molecule has 25 heavy (non-hydrogen) atoms. The van der Waals surface area contributed by atoms with E-state index < -0.39 is 12.0 Å². The van der Waals surface area contributed by atoms with Crippen molar-refractivity contribution in [3.63, 3.8) is 0 Å². The van der Waals surface area contributed by atoms with Crippen LogP contribution in [-0.4, -0.2) is 52.5 Å². The molecule has 0 spiro atoms. The van der Waals surface area contributed by atoms with Gasteiger partial charge in [-0.15, -0.1) is 0 Å². The van der Waals surface area contributed by atoms with Crippen LogP contribution in [0, 0.1) is 5.92 Å². The number of carbonyl (C=O) groups is 2. The van der Waals surface area contributed by atoms with Crippen molar-refractivity contribution in [2.45, 2.75) is 31.7 Å². The Hall–Kier alpha value is -2.57. The maximum absolute atomic E-state index is 12.7. The van der Waals surface area contributed by atoms with Gasteiger partial charge in [0.25, 0.3) is 6.01 Å². The Kier molecular flexibility index (Phi) is 4.07. The van der Waals surface area contributed by atoms with Gasteiger partial charge in [-0.25, -0.2) is 4.79 Å². The number of aromatic nitrogens is 1. The van der Waals surface area contributed by atoms with Gasteiger partial charge < -0.3 is 19.3 Å². The van der Waals surface area contributed by atoms with Gasteiger partial charge in [-0.2, -0.15) is 4.98 Å². The van der Waals surface area contributed by atoms with E-state index in [0.29, 0.717) is 44.9 Å². The molecule has 0 saturated carbocycles. The van der Waals surface area contributed by atoms with E-state index >= 15 is 0 Å². The number of fused-ring (bicyclic) bond motifs is 1. The van der Waals surface area contributed by atoms with Crippen LogP contribution in [-0.2, 0) is 9.59 Å². The monoisotopic (exact) mass is 343 g/mol. The molecule has 2 aromatic rings. The van der Waals surface area contributed by atoms with Crippen LogP contribution in [0.4, 0.5) is 6.01 Å². The number of amides is 1. The summed E-state index contributed by atoms with van der Waals surface area (Å²) in [5.74, 6) is -1.02. The second-order valence-corrected chi connectivity index (χ2v) is 6.75. The van der Waals surface area contributed by atoms with Crippen molar-refractivity contribution in [1.82, 2.24) is 9.88 Å². The predicted molar refractivity (Wildman–Crippen MR) is 91.3 cm³/mol. The predicted octanol–water partition coefficient (Wildman–Crippen LogP) is 2.12. The molecule has 1 atom stereocenters. The zero-order chi connectivity index (χ0) is 17.4. The first-order valence-corrected chi connectivity index (χ1v) is 8.77. The molecule has 0 aliphatic carbocycles. The maximum atomic E-state index is 12.7. The van der Waals surface area contributed by atoms with E-state index in [1.807, 2.05) is 24.3 Å². The van der Waals surface area contributed by atoms with Crippen molar-refractivity contribution in [2.75, 3.05) is 24.5 Å². The van der Waals surface area contributed by atoms with Gasteiger partial charge in [0.1, 0.15) is 11.6 Å². The maximum Gasteiger partial charge on any atom is 0.326 e. The number of hydrogen-bond acceptors (Lipinski definition) is 5. The largest absolute Gasteiger partial charge is 0.480 e. The molecule has 2 fully saturated rings. The highest BCUT2D eigenvalue weighted by atomic mass is 16.4. The number of anilines is 1. The summed E-state index contributed by atoms with van der Waals surface area (Å²) in [4.78, 5) is 32.1. The molecule has 7 heteroatoms. The second kappa shape index (κ2) is 6.38. The first-order chi connectivity index (χ1) is 12.1. The van der Waals surface area contributed by atoms with Gasteiger partial charge in [-0.3, -0.25) is 4.79 Å². The molecule has 2 aliphatic heterocycles. The molecule has 0 bridgehead atoms. The standard InChI is InChI=1S/C18H21N3O4/c22-16(21-9-3-5-14(21)17(23)24)12-7-10-20(11-8-12)18-19-13-4-1-2-6-15(13)25-18/h1-2,4,6,12,14H,3,5,7-11H2,(H,23,24). The molecule has 2 aliphatic rings. The van der Waals surface area contributed by atoms with E-state index in [1.54, 1.807) is 4.90 Å². The number of hydrogen-bond donors (Lipinski definition) is 1. The summed E-state index contributed by atoms with van der Waals surface area (Å²) >= 11 is 0. The summed E-state index contributed by atoms with van der Waals surface area (Å²) in [6.45, 7) is 1.94. The molecule has 7 nitrogen and oxygen atoms in total. The molecule has 132 valence electrons. The van der Waals surface area contributed by atoms with Crippen molar-refractivity contribution in [3.05, 3.63) is 24.3 Å². The molecular formula is C18H21N3O4. The smallest absolute Gasteiger partial charge is 0.326 e. The van der Waals surface area contributed by atoms with Crippen LogP contribution in [0.25, 0.3) is 11.1 Å². The van der Waals surface area contributed by atoms with Crippen LogP contribution in [0.15, 0.2) is 28.7 Å². The van der Waals surface area contributed by atoms with E-state index in [2.05, 4.69) is 9.88 Å². The first kappa shape index (κ1) is 15.9. The second-order valence-electron chi connectivity index (χ2n) is 6.75. The van der Waals surface area contributed by atoms with E-state index in [9.17, 15) is 14.7 Å². The number of nitrogens with zero attached hydrogens (tertiary/aromatic N) is 3. The van der Waals surface area contributed by atoms with Crippen LogP contribution >= 0.6 is 0 Å². The van der Waals surface area contributed by atoms with E-state index in [1.165, 1.54) is 0 Å². The fourth-order valence-electron chi connectivity index (χ4n) is 3.83. The number of likely N-dealkylation sites (tertiary alicyclic amines) is 1. The Morgan fingerprint density at radius 2 is 1.88 bits per heavy atom. The average molecular weight is 343 g/mol. The van der Waals surface area contributed by atoms with Crippen molar-refractivity contribution in [3.8, 4) is 0 Å². The number of carboxylic acid groups (broad SMARTS) is 1. The van der Waals surface area contributed by atoms with Gasteiger partial charge in [0.15, 0.2) is 5.58 Å². The molecule has 1 amide bonds. The lowest BCUT2D eigenvalue weighted by Gasteiger charge is -2.33. The van der Waals surface area contributed by atoms with Crippen LogP contribution in [0.1, 0.15) is 25.7 Å². The summed E-state index contributed by atoms with van der Waals surface area (Å²) in [7, 11) is 0. The lowest BCUT2D eigenvalue weighted by Crippen LogP contribution is -2.46. The zero-order valence-corrected chi connectivity index (χ0v) is 13.9. The van der Waals surface area contributed by atoms with Crippen LogP contribution in [0.5, 0.6) is 0 Å². The molecule has 1 N–H and O–H groups in total. The normalized spacial score (nSPS) is 21.8. The number of carboxylic acids is 1. The highest BCUT2D eigenvalue weighted by Gasteiger charge is 2.38. The molecule has 2 saturated heterocycles. The van der Waals surface area contributed by atoms with Gasteiger partial charge in [0.05, 0.1) is 0 Å². The van der Waals surface area contributed by atoms with Crippen LogP contribution < -0.4 is 4.90 Å². The molecule has 1 unspecified atom stereocenters. The fourth-order valence-corrected chi connectivity index (χ4v) is 3.83. The van der Waals surface area contributed by atoms with Crippen molar-refractivity contribution in [2.24, 2.45) is 5.92 Å². The zero-order valence-electron chi connectivity index (χ0n) is 13.9. The average Bonchev–Trinajstić information content (AvgIpc) is 3.28. The Morgan fingerprint density at radius 3 is 2.60 bits per heavy atom. The van der Waals surface area contributed by atoms with Gasteiger partial charge >= 0.3 is 5.97 Å². The minimum absolute atomic E-state index is 0.0119. The number of oxazole rings is 1. The SMILES string of the molecule is O=C(O)C1CCCN1C(=O)C1CCN(c2nc3ccccc3o2)CC1. The summed E-state index contributed by atoms with van der Waals surface area (Å²) < 4.78 is 5.79. The summed E-state index contributed by atoms with van der Waals surface area (Å²) in [5, 5.41) is 9.27. The third-order valence-corrected chi connectivity index (χ3v) is 5.22. The molecule has 3 heterocycles. The Labute approximate surface area is 145 Å². The molecule has 1 aromatic carbocycles. The number of rotatable bonds is 3. The minimum atomic E-state index is -0.894. The molecule has 4 rings (SSSR count). The summed E-state index contributed by atoms with van der Waals surface area (Å²) in [5.41, 5.74) is 1.59. The van der Waals surface area contributed by atoms with Crippen molar-refractivity contribution < 1.29 is 19.1 Å². The minimum Gasteiger partial charge on any atom is -0.480 e. The Bertz CT molecular complexity index is 761. The van der Waals surface area contributed by atoms with Crippen molar-refractivity contribution >= 4 is 29.0 Å². The third-order valence-electron chi connectivity index (χ3n) is 5.22.